The highest BCUT2D eigenvalue weighted by molar-refractivity contribution is 7.92. The summed E-state index contributed by atoms with van der Waals surface area (Å²) in [5, 5.41) is 6.56. The molecule has 3 N–H and O–H groups in total. The van der Waals surface area contributed by atoms with Crippen LogP contribution in [-0.4, -0.2) is 32.4 Å². The summed E-state index contributed by atoms with van der Waals surface area (Å²) in [5.74, 6) is 0.125. The number of aromatic nitrogens is 1. The van der Waals surface area contributed by atoms with Gasteiger partial charge in [-0.3, -0.25) is 9.52 Å². The number of sulfonamides is 1. The molecule has 0 aliphatic carbocycles. The largest absolute Gasteiger partial charge is 0.367 e. The van der Waals surface area contributed by atoms with Gasteiger partial charge in [-0.1, -0.05) is 47.5 Å². The lowest BCUT2D eigenvalue weighted by Crippen LogP contribution is -2.29. The molecule has 3 aromatic rings. The van der Waals surface area contributed by atoms with E-state index in [1.54, 1.807) is 42.5 Å². The molecule has 1 amide bonds. The van der Waals surface area contributed by atoms with Gasteiger partial charge in [0.05, 0.1) is 14.9 Å². The number of nitrogens with one attached hydrogen (secondary N) is 3. The third-order valence-corrected chi connectivity index (χ3v) is 5.83. The van der Waals surface area contributed by atoms with Crippen molar-refractivity contribution in [2.75, 3.05) is 23.1 Å². The average Bonchev–Trinajstić information content (AvgIpc) is 2.73. The number of amides is 1. The summed E-state index contributed by atoms with van der Waals surface area (Å²) >= 11 is 11.8. The maximum Gasteiger partial charge on any atom is 0.261 e. The van der Waals surface area contributed by atoms with Crippen LogP contribution >= 0.6 is 23.2 Å². The lowest BCUT2D eigenvalue weighted by molar-refractivity contribution is 0.0955. The molecule has 0 spiro atoms. The van der Waals surface area contributed by atoms with Crippen LogP contribution in [-0.2, 0) is 10.0 Å². The number of rotatable bonds is 8. The highest BCUT2D eigenvalue weighted by atomic mass is 35.5. The van der Waals surface area contributed by atoms with Crippen LogP contribution in [0.2, 0.25) is 10.0 Å². The van der Waals surface area contributed by atoms with Gasteiger partial charge in [0.2, 0.25) is 0 Å². The highest BCUT2D eigenvalue weighted by Crippen LogP contribution is 2.22. The van der Waals surface area contributed by atoms with Crippen molar-refractivity contribution in [1.29, 1.82) is 0 Å². The van der Waals surface area contributed by atoms with Crippen molar-refractivity contribution in [1.82, 2.24) is 10.3 Å². The second-order valence-corrected chi connectivity index (χ2v) is 8.69. The minimum Gasteiger partial charge on any atom is -0.367 e. The Balaban J connectivity index is 1.57. The molecule has 0 radical (unpaired) electrons. The average molecular weight is 465 g/mol. The molecule has 0 atom stereocenters. The van der Waals surface area contributed by atoms with E-state index in [1.807, 2.05) is 0 Å². The van der Waals surface area contributed by atoms with Crippen LogP contribution in [0.1, 0.15) is 10.4 Å². The van der Waals surface area contributed by atoms with Crippen molar-refractivity contribution in [3.8, 4) is 0 Å². The Morgan fingerprint density at radius 1 is 0.967 bits per heavy atom. The first-order valence-electron chi connectivity index (χ1n) is 8.86. The van der Waals surface area contributed by atoms with Crippen molar-refractivity contribution in [2.45, 2.75) is 4.90 Å². The number of carbonyl (C=O) groups excluding carboxylic acids is 1. The molecule has 0 aliphatic rings. The molecule has 2 aromatic carbocycles. The van der Waals surface area contributed by atoms with Crippen molar-refractivity contribution in [2.24, 2.45) is 0 Å². The summed E-state index contributed by atoms with van der Waals surface area (Å²) in [4.78, 5) is 16.6. The van der Waals surface area contributed by atoms with E-state index >= 15 is 0 Å². The maximum atomic E-state index is 12.4. The van der Waals surface area contributed by atoms with Crippen LogP contribution in [0.3, 0.4) is 0 Å². The fraction of sp³-hybridized carbons (Fsp3) is 0.100. The van der Waals surface area contributed by atoms with Gasteiger partial charge in [-0.05, 0) is 36.4 Å². The standard InChI is InChI=1S/C20H18Cl2N4O3S/c21-15-12-18(22)19(25-13-15)23-9-10-24-20(27)14-5-4-6-16(11-14)26-30(28,29)17-7-2-1-3-8-17/h1-8,11-13,26H,9-10H2,(H,23,25)(H,24,27). The van der Waals surface area contributed by atoms with Gasteiger partial charge in [-0.15, -0.1) is 0 Å². The number of anilines is 2. The molecule has 7 nitrogen and oxygen atoms in total. The molecule has 0 saturated carbocycles. The number of halogens is 2. The highest BCUT2D eigenvalue weighted by Gasteiger charge is 2.14. The Labute approximate surface area is 184 Å². The first-order valence-corrected chi connectivity index (χ1v) is 11.1. The molecule has 156 valence electrons. The van der Waals surface area contributed by atoms with Crippen LogP contribution in [0.15, 0.2) is 71.8 Å². The zero-order valence-electron chi connectivity index (χ0n) is 15.6. The van der Waals surface area contributed by atoms with E-state index in [-0.39, 0.29) is 10.8 Å². The van der Waals surface area contributed by atoms with Gasteiger partial charge in [-0.25, -0.2) is 13.4 Å². The van der Waals surface area contributed by atoms with Crippen LogP contribution in [0.25, 0.3) is 0 Å². The van der Waals surface area contributed by atoms with E-state index in [4.69, 9.17) is 23.2 Å². The van der Waals surface area contributed by atoms with Crippen LogP contribution < -0.4 is 15.4 Å². The Hall–Kier alpha value is -2.81. The molecule has 0 unspecified atom stereocenters. The van der Waals surface area contributed by atoms with Gasteiger partial charge in [-0.2, -0.15) is 0 Å². The molecule has 0 bridgehead atoms. The zero-order chi connectivity index (χ0) is 21.6. The summed E-state index contributed by atoms with van der Waals surface area (Å²) in [5.41, 5.74) is 0.618. The number of nitrogens with zero attached hydrogens (tertiary/aromatic N) is 1. The molecular weight excluding hydrogens is 447 g/mol. The van der Waals surface area contributed by atoms with Gasteiger partial charge in [0.1, 0.15) is 5.82 Å². The number of pyridine rings is 1. The quantitative estimate of drug-likeness (QED) is 0.436. The van der Waals surface area contributed by atoms with Gasteiger partial charge in [0.15, 0.2) is 0 Å². The van der Waals surface area contributed by atoms with Crippen LogP contribution in [0.4, 0.5) is 11.5 Å². The topological polar surface area (TPSA) is 100 Å². The molecule has 10 heteroatoms. The zero-order valence-corrected chi connectivity index (χ0v) is 17.9. The van der Waals surface area contributed by atoms with Gasteiger partial charge in [0.25, 0.3) is 15.9 Å². The van der Waals surface area contributed by atoms with Gasteiger partial charge in [0, 0.05) is 30.5 Å². The molecule has 0 fully saturated rings. The smallest absolute Gasteiger partial charge is 0.261 e. The van der Waals surface area contributed by atoms with Crippen LogP contribution in [0.5, 0.6) is 0 Å². The molecule has 30 heavy (non-hydrogen) atoms. The van der Waals surface area contributed by atoms with Crippen molar-refractivity contribution < 1.29 is 13.2 Å². The molecule has 0 saturated heterocycles. The first kappa shape index (κ1) is 21.9. The Morgan fingerprint density at radius 2 is 1.73 bits per heavy atom. The fourth-order valence-corrected chi connectivity index (χ4v) is 4.06. The molecule has 3 rings (SSSR count). The molecule has 1 heterocycles. The first-order chi connectivity index (χ1) is 14.3. The number of carbonyl (C=O) groups is 1. The van der Waals surface area contributed by atoms with Gasteiger partial charge < -0.3 is 10.6 Å². The molecule has 0 aliphatic heterocycles. The summed E-state index contributed by atoms with van der Waals surface area (Å²) < 4.78 is 27.3. The SMILES string of the molecule is O=C(NCCNc1ncc(Cl)cc1Cl)c1cccc(NS(=O)(=O)c2ccccc2)c1. The van der Waals surface area contributed by atoms with E-state index in [0.717, 1.165) is 0 Å². The maximum absolute atomic E-state index is 12.4. The lowest BCUT2D eigenvalue weighted by Gasteiger charge is -2.11. The van der Waals surface area contributed by atoms with E-state index < -0.39 is 10.0 Å². The second kappa shape index (κ2) is 9.80. The third-order valence-electron chi connectivity index (χ3n) is 3.94. The van der Waals surface area contributed by atoms with Crippen LogP contribution in [0, 0.1) is 0 Å². The Bertz CT molecular complexity index is 1140. The monoisotopic (exact) mass is 464 g/mol. The van der Waals surface area contributed by atoms with E-state index in [0.29, 0.717) is 40.2 Å². The van der Waals surface area contributed by atoms with Crippen molar-refractivity contribution in [3.63, 3.8) is 0 Å². The Kier molecular flexibility index (Phi) is 7.15. The summed E-state index contributed by atoms with van der Waals surface area (Å²) in [6.45, 7) is 0.694. The Morgan fingerprint density at radius 3 is 2.47 bits per heavy atom. The predicted octanol–water partition coefficient (Wildman–Crippen LogP) is 4.03. The van der Waals surface area contributed by atoms with E-state index in [9.17, 15) is 13.2 Å². The summed E-state index contributed by atoms with van der Waals surface area (Å²) in [6.07, 6.45) is 1.47. The van der Waals surface area contributed by atoms with Crippen molar-refractivity contribution >= 4 is 50.6 Å². The van der Waals surface area contributed by atoms with E-state index in [1.165, 1.54) is 24.4 Å². The van der Waals surface area contributed by atoms with Gasteiger partial charge >= 0.3 is 0 Å². The summed E-state index contributed by atoms with van der Waals surface area (Å²) in [6, 6.07) is 15.8. The third kappa shape index (κ3) is 5.85. The fourth-order valence-electron chi connectivity index (χ4n) is 2.54. The molecule has 1 aromatic heterocycles. The predicted molar refractivity (Wildman–Crippen MR) is 119 cm³/mol. The number of hydrogen-bond donors (Lipinski definition) is 3. The summed E-state index contributed by atoms with van der Waals surface area (Å²) in [7, 11) is -3.74. The minimum atomic E-state index is -3.74. The van der Waals surface area contributed by atoms with E-state index in [2.05, 4.69) is 20.3 Å². The normalized spacial score (nSPS) is 11.0. The lowest BCUT2D eigenvalue weighted by atomic mass is 10.2. The second-order valence-electron chi connectivity index (χ2n) is 6.17. The number of benzene rings is 2. The number of hydrogen-bond acceptors (Lipinski definition) is 5. The minimum absolute atomic E-state index is 0.139. The van der Waals surface area contributed by atoms with Crippen molar-refractivity contribution in [3.05, 3.63) is 82.5 Å². The molecular formula is C20H18Cl2N4O3S.